The van der Waals surface area contributed by atoms with Gasteiger partial charge in [0.15, 0.2) is 17.7 Å². The van der Waals surface area contributed by atoms with E-state index in [-0.39, 0.29) is 104 Å². The molecule has 26 heavy (non-hydrogen) atoms. The molecule has 0 aromatic carbocycles. The van der Waals surface area contributed by atoms with Crippen LogP contribution in [0.1, 0.15) is 10.5 Å². The molecule has 2 unspecified atom stereocenters. The summed E-state index contributed by atoms with van der Waals surface area (Å²) in [6.45, 7) is -0.594. The number of nitrogen functional groups attached to an aromatic ring is 1. The molecule has 1 aliphatic heterocycles. The molecule has 0 saturated carbocycles. The molecule has 0 aliphatic carbocycles. The quantitative estimate of drug-likeness (QED) is 0.234. The molecule has 132 valence electrons. The molecule has 1 aliphatic rings. The summed E-state index contributed by atoms with van der Waals surface area (Å²) in [5, 5.41) is 20.1. The SMILES string of the molecule is Nc1ncnc2c1ncn2[C@@H]1O[C@H](COP(=O)(O)O)C(O)C1O.[H-].[H-].[H-].[Na+].[Na+].[Na+]. The van der Waals surface area contributed by atoms with E-state index < -0.39 is 39.0 Å². The van der Waals surface area contributed by atoms with Crippen LogP contribution in [0.2, 0.25) is 0 Å². The van der Waals surface area contributed by atoms with E-state index in [0.29, 0.717) is 5.52 Å². The molecular weight excluding hydrogens is 402 g/mol. The molecule has 1 saturated heterocycles. The van der Waals surface area contributed by atoms with Crippen molar-refractivity contribution < 1.29 is 127 Å². The fourth-order valence-corrected chi connectivity index (χ4v) is 2.66. The maximum atomic E-state index is 10.7. The summed E-state index contributed by atoms with van der Waals surface area (Å²) in [4.78, 5) is 29.2. The number of aromatic nitrogens is 4. The van der Waals surface area contributed by atoms with Crippen molar-refractivity contribution >= 4 is 24.8 Å². The monoisotopic (exact) mass is 419 g/mol. The van der Waals surface area contributed by atoms with Gasteiger partial charge in [0.1, 0.15) is 30.2 Å². The standard InChI is InChI=1S/C10H14N5O7P.3Na.3H/c11-8-5-9(13-2-12-8)15(3-14-5)10-7(17)6(16)4(22-10)1-21-23(18,19)20;;;;;;/h2-4,6-7,10,16-17H,1H2,(H2,11,12,13)(H2,18,19,20);;;;;;/q;3*+1;3*-1/t4-,6?,7?,10-;;;;;;/m1....../s1. The van der Waals surface area contributed by atoms with Gasteiger partial charge in [0.25, 0.3) is 0 Å². The van der Waals surface area contributed by atoms with Crippen LogP contribution in [0.5, 0.6) is 0 Å². The van der Waals surface area contributed by atoms with Crippen molar-refractivity contribution in [1.29, 1.82) is 0 Å². The molecule has 6 N–H and O–H groups in total. The summed E-state index contributed by atoms with van der Waals surface area (Å²) in [6, 6.07) is 0. The number of hydrogen-bond donors (Lipinski definition) is 5. The van der Waals surface area contributed by atoms with Gasteiger partial charge in [-0.15, -0.1) is 0 Å². The molecule has 4 atom stereocenters. The molecule has 2 aromatic heterocycles. The Balaban J connectivity index is -0.000000521. The molecule has 0 radical (unpaired) electrons. The van der Waals surface area contributed by atoms with Gasteiger partial charge in [-0.3, -0.25) is 9.09 Å². The van der Waals surface area contributed by atoms with E-state index in [1.54, 1.807) is 0 Å². The normalized spacial score (nSPS) is 25.2. The van der Waals surface area contributed by atoms with Crippen LogP contribution in [0.15, 0.2) is 12.7 Å². The van der Waals surface area contributed by atoms with Gasteiger partial charge < -0.3 is 34.8 Å². The van der Waals surface area contributed by atoms with Crippen molar-refractivity contribution in [2.24, 2.45) is 0 Å². The maximum absolute atomic E-state index is 10.7. The molecule has 12 nitrogen and oxygen atoms in total. The molecular formula is C10H17N5Na3O7P. The van der Waals surface area contributed by atoms with Gasteiger partial charge in [-0.1, -0.05) is 0 Å². The number of phosphoric ester groups is 1. The third kappa shape index (κ3) is 5.92. The minimum absolute atomic E-state index is 0. The minimum atomic E-state index is -4.72. The molecule has 2 aromatic rings. The van der Waals surface area contributed by atoms with Crippen LogP contribution < -0.4 is 94.4 Å². The first-order valence-electron chi connectivity index (χ1n) is 6.42. The van der Waals surface area contributed by atoms with Crippen LogP contribution in [0.3, 0.4) is 0 Å². The Hall–Kier alpha value is 1.34. The van der Waals surface area contributed by atoms with E-state index in [2.05, 4.69) is 19.5 Å². The Morgan fingerprint density at radius 1 is 1.23 bits per heavy atom. The van der Waals surface area contributed by atoms with Crippen LogP contribution in [0, 0.1) is 0 Å². The first kappa shape index (κ1) is 27.3. The van der Waals surface area contributed by atoms with E-state index in [4.69, 9.17) is 20.3 Å². The zero-order valence-corrected chi connectivity index (χ0v) is 21.4. The number of fused-ring (bicyclic) bond motifs is 1. The fraction of sp³-hybridized carbons (Fsp3) is 0.500. The molecule has 3 heterocycles. The third-order valence-electron chi connectivity index (χ3n) is 3.41. The van der Waals surface area contributed by atoms with Crippen LogP contribution in [-0.2, 0) is 13.8 Å². The third-order valence-corrected chi connectivity index (χ3v) is 3.89. The smallest absolute Gasteiger partial charge is 1.00 e. The molecule has 0 bridgehead atoms. The number of rotatable bonds is 4. The first-order chi connectivity index (χ1) is 10.8. The number of imidazole rings is 1. The van der Waals surface area contributed by atoms with Gasteiger partial charge in [-0.25, -0.2) is 19.5 Å². The van der Waals surface area contributed by atoms with Crippen LogP contribution >= 0.6 is 7.82 Å². The summed E-state index contributed by atoms with van der Waals surface area (Å²) in [5.74, 6) is 0.142. The van der Waals surface area contributed by atoms with E-state index in [1.807, 2.05) is 0 Å². The van der Waals surface area contributed by atoms with Crippen molar-refractivity contribution in [3.8, 4) is 0 Å². The average Bonchev–Trinajstić information content (AvgIpc) is 3.01. The number of anilines is 1. The first-order valence-corrected chi connectivity index (χ1v) is 7.95. The average molecular weight is 419 g/mol. The van der Waals surface area contributed by atoms with Crippen molar-refractivity contribution in [2.45, 2.75) is 24.5 Å². The largest absolute Gasteiger partial charge is 1.00 e. The Labute approximate surface area is 218 Å². The van der Waals surface area contributed by atoms with Gasteiger partial charge in [0.05, 0.1) is 12.9 Å². The number of nitrogens with zero attached hydrogens (tertiary/aromatic N) is 4. The van der Waals surface area contributed by atoms with Crippen LogP contribution in [-0.4, -0.2) is 64.4 Å². The van der Waals surface area contributed by atoms with Gasteiger partial charge >= 0.3 is 96.5 Å². The zero-order chi connectivity index (χ0) is 16.8. The van der Waals surface area contributed by atoms with E-state index in [9.17, 15) is 14.8 Å². The second-order valence-electron chi connectivity index (χ2n) is 4.92. The van der Waals surface area contributed by atoms with Crippen molar-refractivity contribution in [1.82, 2.24) is 19.5 Å². The number of hydrogen-bond acceptors (Lipinski definition) is 9. The molecule has 3 rings (SSSR count). The summed E-state index contributed by atoms with van der Waals surface area (Å²) >= 11 is 0. The Morgan fingerprint density at radius 3 is 2.50 bits per heavy atom. The second kappa shape index (κ2) is 10.9. The van der Waals surface area contributed by atoms with E-state index in [0.717, 1.165) is 0 Å². The van der Waals surface area contributed by atoms with Crippen LogP contribution in [0.25, 0.3) is 11.2 Å². The molecule has 1 fully saturated rings. The van der Waals surface area contributed by atoms with E-state index >= 15 is 0 Å². The molecule has 0 amide bonds. The summed E-state index contributed by atoms with van der Waals surface area (Å²) in [6.07, 6.45) is -2.49. The summed E-state index contributed by atoms with van der Waals surface area (Å²) in [7, 11) is -4.72. The Bertz CT molecular complexity index is 790. The van der Waals surface area contributed by atoms with E-state index in [1.165, 1.54) is 17.2 Å². The minimum Gasteiger partial charge on any atom is -1.00 e. The van der Waals surface area contributed by atoms with Gasteiger partial charge in [-0.05, 0) is 0 Å². The fourth-order valence-electron chi connectivity index (χ4n) is 2.32. The summed E-state index contributed by atoms with van der Waals surface area (Å²) in [5.41, 5.74) is 6.25. The number of aliphatic hydroxyl groups excluding tert-OH is 2. The maximum Gasteiger partial charge on any atom is 1.00 e. The summed E-state index contributed by atoms with van der Waals surface area (Å²) < 4.78 is 21.8. The number of ether oxygens (including phenoxy) is 1. The second-order valence-corrected chi connectivity index (χ2v) is 6.15. The van der Waals surface area contributed by atoms with Gasteiger partial charge in [0.2, 0.25) is 0 Å². The molecule has 16 heteroatoms. The Kier molecular flexibility index (Phi) is 11.5. The predicted octanol–water partition coefficient (Wildman–Crippen LogP) is -10.5. The molecule has 0 spiro atoms. The predicted molar refractivity (Wildman–Crippen MR) is 77.0 cm³/mol. The topological polar surface area (TPSA) is 186 Å². The number of nitrogens with two attached hydrogens (primary N) is 1. The zero-order valence-electron chi connectivity index (χ0n) is 17.5. The van der Waals surface area contributed by atoms with Crippen LogP contribution in [0.4, 0.5) is 5.82 Å². The number of aliphatic hydroxyl groups is 2. The number of phosphoric acid groups is 1. The van der Waals surface area contributed by atoms with Gasteiger partial charge in [-0.2, -0.15) is 0 Å². The van der Waals surface area contributed by atoms with Gasteiger partial charge in [0, 0.05) is 0 Å². The van der Waals surface area contributed by atoms with Crippen molar-refractivity contribution in [3.05, 3.63) is 12.7 Å². The van der Waals surface area contributed by atoms with Crippen molar-refractivity contribution in [3.63, 3.8) is 0 Å². The van der Waals surface area contributed by atoms with Crippen molar-refractivity contribution in [2.75, 3.05) is 12.3 Å². The Morgan fingerprint density at radius 2 is 1.88 bits per heavy atom.